The number of carbonyl (C=O) groups excluding carboxylic acids is 2. The average molecular weight is 231 g/mol. The van der Waals surface area contributed by atoms with Crippen LogP contribution in [0.5, 0.6) is 0 Å². The largest absolute Gasteiger partial charge is 0.466 e. The van der Waals surface area contributed by atoms with Gasteiger partial charge in [0.05, 0.1) is 13.0 Å². The number of ether oxygens (including phenoxy) is 1. The number of rotatable bonds is 8. The lowest BCUT2D eigenvalue weighted by molar-refractivity contribution is -0.144. The molecule has 0 aliphatic rings. The molecule has 0 aromatic heterocycles. The van der Waals surface area contributed by atoms with E-state index in [1.54, 1.807) is 18.7 Å². The molecule has 5 heteroatoms. The van der Waals surface area contributed by atoms with Gasteiger partial charge in [-0.1, -0.05) is 6.92 Å². The summed E-state index contributed by atoms with van der Waals surface area (Å²) in [6.45, 7) is 4.79. The maximum atomic E-state index is 11.5. The van der Waals surface area contributed by atoms with Crippen molar-refractivity contribution in [2.75, 3.05) is 26.3 Å². The number of hydrogen-bond donors (Lipinski definition) is 1. The van der Waals surface area contributed by atoms with Crippen LogP contribution >= 0.6 is 0 Å². The molecule has 0 aliphatic heterocycles. The van der Waals surface area contributed by atoms with E-state index in [9.17, 15) is 9.59 Å². The monoisotopic (exact) mass is 231 g/mol. The Kier molecular flexibility index (Phi) is 8.52. The van der Waals surface area contributed by atoms with Gasteiger partial charge < -0.3 is 14.7 Å². The topological polar surface area (TPSA) is 66.8 Å². The van der Waals surface area contributed by atoms with E-state index in [1.807, 2.05) is 0 Å². The lowest BCUT2D eigenvalue weighted by Crippen LogP contribution is -2.34. The zero-order valence-corrected chi connectivity index (χ0v) is 10.1. The molecule has 1 amide bonds. The fraction of sp³-hybridized carbons (Fsp3) is 0.818. The van der Waals surface area contributed by atoms with Gasteiger partial charge >= 0.3 is 5.97 Å². The number of nitrogens with zero attached hydrogens (tertiary/aromatic N) is 1. The van der Waals surface area contributed by atoms with E-state index in [2.05, 4.69) is 0 Å². The third-order valence-corrected chi connectivity index (χ3v) is 2.13. The van der Waals surface area contributed by atoms with Crippen LogP contribution in [0.25, 0.3) is 0 Å². The molecule has 0 saturated heterocycles. The first-order valence-corrected chi connectivity index (χ1v) is 5.69. The van der Waals surface area contributed by atoms with Crippen molar-refractivity contribution in [2.45, 2.75) is 33.1 Å². The molecule has 16 heavy (non-hydrogen) atoms. The van der Waals surface area contributed by atoms with Crippen molar-refractivity contribution in [2.24, 2.45) is 0 Å². The SMILES string of the molecule is CCOC(=O)CCN(CCCO)C(=O)CC. The zero-order chi connectivity index (χ0) is 12.4. The molecule has 94 valence electrons. The normalized spacial score (nSPS) is 9.94. The Morgan fingerprint density at radius 1 is 1.25 bits per heavy atom. The van der Waals surface area contributed by atoms with E-state index in [0.717, 1.165) is 0 Å². The molecular weight excluding hydrogens is 210 g/mol. The first-order chi connectivity index (χ1) is 7.65. The van der Waals surface area contributed by atoms with Crippen molar-refractivity contribution in [3.05, 3.63) is 0 Å². The summed E-state index contributed by atoms with van der Waals surface area (Å²) < 4.78 is 4.78. The minimum absolute atomic E-state index is 0.00208. The smallest absolute Gasteiger partial charge is 0.307 e. The molecule has 0 spiro atoms. The van der Waals surface area contributed by atoms with E-state index < -0.39 is 0 Å². The first-order valence-electron chi connectivity index (χ1n) is 5.69. The number of aliphatic hydroxyl groups is 1. The molecule has 0 aromatic carbocycles. The van der Waals surface area contributed by atoms with Crippen LogP contribution in [0.4, 0.5) is 0 Å². The van der Waals surface area contributed by atoms with Crippen LogP contribution in [0, 0.1) is 0 Å². The fourth-order valence-corrected chi connectivity index (χ4v) is 1.31. The fourth-order valence-electron chi connectivity index (χ4n) is 1.31. The number of carbonyl (C=O) groups is 2. The van der Waals surface area contributed by atoms with E-state index in [1.165, 1.54) is 0 Å². The standard InChI is InChI=1S/C11H21NO4/c1-3-10(14)12(7-5-9-13)8-6-11(15)16-4-2/h13H,3-9H2,1-2H3. The molecular formula is C11H21NO4. The van der Waals surface area contributed by atoms with Crippen LogP contribution in [0.1, 0.15) is 33.1 Å². The summed E-state index contributed by atoms with van der Waals surface area (Å²) in [4.78, 5) is 24.2. The van der Waals surface area contributed by atoms with Gasteiger partial charge in [0.1, 0.15) is 0 Å². The van der Waals surface area contributed by atoms with Crippen molar-refractivity contribution >= 4 is 11.9 Å². The Morgan fingerprint density at radius 3 is 2.44 bits per heavy atom. The summed E-state index contributed by atoms with van der Waals surface area (Å²) in [5.74, 6) is -0.293. The molecule has 0 saturated carbocycles. The number of esters is 1. The van der Waals surface area contributed by atoms with Crippen LogP contribution in [0.3, 0.4) is 0 Å². The molecule has 0 aromatic rings. The summed E-state index contributed by atoms with van der Waals surface area (Å²) in [7, 11) is 0. The molecule has 0 unspecified atom stereocenters. The van der Waals surface area contributed by atoms with Gasteiger partial charge in [0, 0.05) is 26.1 Å². The quantitative estimate of drug-likeness (QED) is 0.620. The van der Waals surface area contributed by atoms with E-state index >= 15 is 0 Å². The summed E-state index contributed by atoms with van der Waals surface area (Å²) in [6.07, 6.45) is 1.16. The maximum absolute atomic E-state index is 11.5. The second-order valence-electron chi connectivity index (χ2n) is 3.37. The van der Waals surface area contributed by atoms with Crippen LogP contribution in [0.15, 0.2) is 0 Å². The van der Waals surface area contributed by atoms with Crippen molar-refractivity contribution in [3.8, 4) is 0 Å². The van der Waals surface area contributed by atoms with E-state index in [-0.39, 0.29) is 24.9 Å². The van der Waals surface area contributed by atoms with Crippen LogP contribution in [-0.4, -0.2) is 48.2 Å². The van der Waals surface area contributed by atoms with Crippen LogP contribution < -0.4 is 0 Å². The van der Waals surface area contributed by atoms with Crippen LogP contribution in [-0.2, 0) is 14.3 Å². The lowest BCUT2D eigenvalue weighted by atomic mass is 10.3. The third kappa shape index (κ3) is 6.40. The predicted octanol–water partition coefficient (Wildman–Crippen LogP) is 0.561. The van der Waals surface area contributed by atoms with E-state index in [4.69, 9.17) is 9.84 Å². The minimum Gasteiger partial charge on any atom is -0.466 e. The van der Waals surface area contributed by atoms with Gasteiger partial charge in [0.2, 0.25) is 5.91 Å². The zero-order valence-electron chi connectivity index (χ0n) is 10.1. The summed E-state index contributed by atoms with van der Waals surface area (Å²) in [5, 5.41) is 8.70. The molecule has 0 radical (unpaired) electrons. The average Bonchev–Trinajstić information content (AvgIpc) is 2.28. The predicted molar refractivity (Wildman–Crippen MR) is 59.8 cm³/mol. The number of hydrogen-bond acceptors (Lipinski definition) is 4. The minimum atomic E-state index is -0.291. The number of amides is 1. The highest BCUT2D eigenvalue weighted by Crippen LogP contribution is 1.99. The van der Waals surface area contributed by atoms with Crippen molar-refractivity contribution in [1.82, 2.24) is 4.90 Å². The van der Waals surface area contributed by atoms with Gasteiger partial charge in [0.25, 0.3) is 0 Å². The van der Waals surface area contributed by atoms with Gasteiger partial charge in [-0.3, -0.25) is 9.59 Å². The molecule has 0 atom stereocenters. The Balaban J connectivity index is 4.00. The maximum Gasteiger partial charge on any atom is 0.307 e. The number of aliphatic hydroxyl groups excluding tert-OH is 1. The van der Waals surface area contributed by atoms with Gasteiger partial charge in [-0.15, -0.1) is 0 Å². The third-order valence-electron chi connectivity index (χ3n) is 2.13. The molecule has 0 aliphatic carbocycles. The van der Waals surface area contributed by atoms with Crippen molar-refractivity contribution < 1.29 is 19.4 Å². The highest BCUT2D eigenvalue weighted by atomic mass is 16.5. The molecule has 0 rings (SSSR count). The van der Waals surface area contributed by atoms with Gasteiger partial charge in [-0.2, -0.15) is 0 Å². The second kappa shape index (κ2) is 9.15. The lowest BCUT2D eigenvalue weighted by Gasteiger charge is -2.21. The Bertz CT molecular complexity index is 218. The van der Waals surface area contributed by atoms with Crippen LogP contribution in [0.2, 0.25) is 0 Å². The Morgan fingerprint density at radius 2 is 1.94 bits per heavy atom. The first kappa shape index (κ1) is 14.9. The van der Waals surface area contributed by atoms with Crippen molar-refractivity contribution in [1.29, 1.82) is 0 Å². The Hall–Kier alpha value is -1.10. The second-order valence-corrected chi connectivity index (χ2v) is 3.37. The summed E-state index contributed by atoms with van der Waals surface area (Å²) in [5.41, 5.74) is 0. The molecule has 0 fully saturated rings. The van der Waals surface area contributed by atoms with Gasteiger partial charge in [-0.25, -0.2) is 0 Å². The summed E-state index contributed by atoms with van der Waals surface area (Å²) >= 11 is 0. The van der Waals surface area contributed by atoms with Gasteiger partial charge in [-0.05, 0) is 13.3 Å². The Labute approximate surface area is 96.4 Å². The van der Waals surface area contributed by atoms with Gasteiger partial charge in [0.15, 0.2) is 0 Å². The molecule has 5 nitrogen and oxygen atoms in total. The summed E-state index contributed by atoms with van der Waals surface area (Å²) in [6, 6.07) is 0. The molecule has 0 bridgehead atoms. The van der Waals surface area contributed by atoms with E-state index in [0.29, 0.717) is 32.5 Å². The van der Waals surface area contributed by atoms with Crippen molar-refractivity contribution in [3.63, 3.8) is 0 Å². The highest BCUT2D eigenvalue weighted by Gasteiger charge is 2.13. The highest BCUT2D eigenvalue weighted by molar-refractivity contribution is 5.77. The molecule has 0 heterocycles. The molecule has 1 N–H and O–H groups in total.